The van der Waals surface area contributed by atoms with Crippen LogP contribution in [0.4, 0.5) is 0 Å². The van der Waals surface area contributed by atoms with Gasteiger partial charge in [-0.15, -0.1) is 0 Å². The second-order valence-electron chi connectivity index (χ2n) is 0. The molecule has 0 nitrogen and oxygen atoms in total. The van der Waals surface area contributed by atoms with Gasteiger partial charge >= 0.3 is 0 Å². The first-order chi connectivity index (χ1) is 0. The zero-order valence-electron chi connectivity index (χ0n) is 2.36. The third-order valence-corrected chi connectivity index (χ3v) is 0. The first-order valence-corrected chi connectivity index (χ1v) is 0. The Labute approximate surface area is 114 Å². The van der Waals surface area contributed by atoms with Gasteiger partial charge in [-0.1, -0.05) is 0 Å². The van der Waals surface area contributed by atoms with Gasteiger partial charge in [0.25, 0.3) is 0 Å². The molecule has 0 bridgehead atoms. The van der Waals surface area contributed by atoms with Crippen molar-refractivity contribution >= 4 is 0 Å². The molecule has 0 aliphatic heterocycles. The zero-order valence-corrected chi connectivity index (χ0v) is 12.4. The minimum Gasteiger partial charge on any atom is 0 e. The van der Waals surface area contributed by atoms with Crippen LogP contribution >= 0.6 is 0 Å². The molecule has 42 valence electrons. The van der Waals surface area contributed by atoms with Crippen LogP contribution in [0.25, 0.3) is 0 Å². The monoisotopic (exact) mass is 496 g/mol. The van der Waals surface area contributed by atoms with Crippen molar-refractivity contribution < 1.29 is 116 Å². The second kappa shape index (κ2) is 37.8. The molecule has 2 radical (unpaired) electrons. The molecule has 0 rings (SSSR count). The Balaban J connectivity index is 0. The SMILES string of the molecule is [Co].[Cr].[Fe].[Ni].[Ta].[Zr]. The topological polar surface area (TPSA) is 0 Å². The summed E-state index contributed by atoms with van der Waals surface area (Å²) in [4.78, 5) is 0. The molecule has 0 aliphatic rings. The summed E-state index contributed by atoms with van der Waals surface area (Å²) in [5, 5.41) is 0. The normalized spacial score (nSPS) is 0. The molecule has 0 amide bonds. The molecule has 0 atom stereocenters. The van der Waals surface area contributed by atoms with Crippen LogP contribution < -0.4 is 0 Å². The van der Waals surface area contributed by atoms with Crippen molar-refractivity contribution in [2.45, 2.75) is 0 Å². The van der Waals surface area contributed by atoms with Gasteiger partial charge in [0, 0.05) is 116 Å². The molecule has 0 unspecified atom stereocenters. The van der Waals surface area contributed by atoms with Crippen molar-refractivity contribution in [2.24, 2.45) is 0 Å². The summed E-state index contributed by atoms with van der Waals surface area (Å²) in [6, 6.07) is 0. The summed E-state index contributed by atoms with van der Waals surface area (Å²) in [5.74, 6) is 0. The third kappa shape index (κ3) is 25.3. The molecule has 0 saturated carbocycles. The quantitative estimate of drug-likeness (QED) is 0.413. The maximum atomic E-state index is 0. The Hall–Kier alpha value is 3.68. The summed E-state index contributed by atoms with van der Waals surface area (Å²) in [7, 11) is 0. The van der Waals surface area contributed by atoms with Crippen molar-refractivity contribution in [1.29, 1.82) is 0 Å². The van der Waals surface area contributed by atoms with Crippen LogP contribution in [0, 0.1) is 0 Å². The molecule has 0 heterocycles. The Morgan fingerprint density at radius 2 is 1.00 bits per heavy atom. The summed E-state index contributed by atoms with van der Waals surface area (Å²) >= 11 is 0. The Morgan fingerprint density at radius 1 is 1.00 bits per heavy atom. The molecule has 0 fully saturated rings. The molecule has 0 aromatic heterocycles. The summed E-state index contributed by atoms with van der Waals surface area (Å²) in [5.41, 5.74) is 0. The minimum absolute atomic E-state index is 0. The van der Waals surface area contributed by atoms with E-state index in [0.717, 1.165) is 0 Å². The molecule has 0 aromatic carbocycles. The van der Waals surface area contributed by atoms with Crippen LogP contribution in [0.15, 0.2) is 0 Å². The van der Waals surface area contributed by atoms with Crippen molar-refractivity contribution in [1.82, 2.24) is 0 Å². The maximum Gasteiger partial charge on any atom is 0 e. The van der Waals surface area contributed by atoms with Crippen LogP contribution in [-0.2, 0) is 116 Å². The average molecular weight is 498 g/mol. The Bertz CT molecular complexity index is 15.5. The van der Waals surface area contributed by atoms with Crippen LogP contribution in [0.5, 0.6) is 0 Å². The van der Waals surface area contributed by atoms with Crippen LogP contribution in [-0.4, -0.2) is 0 Å². The van der Waals surface area contributed by atoms with Gasteiger partial charge in [0.15, 0.2) is 0 Å². The zero-order chi connectivity index (χ0) is 0. The molecular formula is CoCrFeNiTaZr. The van der Waals surface area contributed by atoms with E-state index in [1.54, 1.807) is 0 Å². The Morgan fingerprint density at radius 3 is 1.00 bits per heavy atom. The maximum absolute atomic E-state index is 0. The van der Waals surface area contributed by atoms with E-state index >= 15 is 0 Å². The van der Waals surface area contributed by atoms with Crippen molar-refractivity contribution in [2.75, 3.05) is 0 Å². The summed E-state index contributed by atoms with van der Waals surface area (Å²) in [6.07, 6.45) is 0. The van der Waals surface area contributed by atoms with Gasteiger partial charge in [-0.2, -0.15) is 0 Å². The van der Waals surface area contributed by atoms with Crippen LogP contribution in [0.2, 0.25) is 0 Å². The van der Waals surface area contributed by atoms with Gasteiger partial charge in [0.2, 0.25) is 0 Å². The fourth-order valence-corrected chi connectivity index (χ4v) is 0. The molecule has 0 N–H and O–H groups in total. The van der Waals surface area contributed by atoms with E-state index in [1.807, 2.05) is 0 Å². The van der Waals surface area contributed by atoms with E-state index in [2.05, 4.69) is 0 Å². The third-order valence-electron chi connectivity index (χ3n) is 0. The van der Waals surface area contributed by atoms with Gasteiger partial charge in [0.1, 0.15) is 0 Å². The molecule has 0 saturated heterocycles. The number of hydrogen-bond donors (Lipinski definition) is 0. The fraction of sp³-hybridized carbons (Fsp3) is 0. The van der Waals surface area contributed by atoms with Gasteiger partial charge in [-0.3, -0.25) is 0 Å². The molecule has 0 aliphatic carbocycles. The first-order valence-electron chi connectivity index (χ1n) is 0. The molecule has 0 aromatic rings. The average Bonchev–Trinajstić information content (AvgIpc) is 0. The van der Waals surface area contributed by atoms with Crippen molar-refractivity contribution in [3.8, 4) is 0 Å². The second-order valence-corrected chi connectivity index (χ2v) is 0. The predicted molar refractivity (Wildman–Crippen MR) is 0 cm³/mol. The van der Waals surface area contributed by atoms with E-state index in [9.17, 15) is 0 Å². The van der Waals surface area contributed by atoms with Crippen molar-refractivity contribution in [3.63, 3.8) is 0 Å². The molecule has 6 heavy (non-hydrogen) atoms. The fourth-order valence-electron chi connectivity index (χ4n) is 0. The van der Waals surface area contributed by atoms with Gasteiger partial charge in [-0.25, -0.2) is 0 Å². The van der Waals surface area contributed by atoms with E-state index in [1.165, 1.54) is 0 Å². The van der Waals surface area contributed by atoms with Gasteiger partial charge in [0.05, 0.1) is 0 Å². The van der Waals surface area contributed by atoms with Crippen LogP contribution in [0.1, 0.15) is 0 Å². The Kier molecular flexibility index (Phi) is 340. The number of rotatable bonds is 0. The van der Waals surface area contributed by atoms with Gasteiger partial charge in [-0.05, 0) is 0 Å². The van der Waals surface area contributed by atoms with E-state index in [0.29, 0.717) is 0 Å². The van der Waals surface area contributed by atoms with Crippen molar-refractivity contribution in [3.05, 3.63) is 0 Å². The molecule has 6 heteroatoms. The smallest absolute Gasteiger partial charge is 0 e. The molecular weight excluding hydrogens is 498 g/mol. The summed E-state index contributed by atoms with van der Waals surface area (Å²) in [6.45, 7) is 0. The van der Waals surface area contributed by atoms with Crippen LogP contribution in [0.3, 0.4) is 0 Å². The standard InChI is InChI=1S/Co.Cr.Fe.Ni.Ta.Zr. The first kappa shape index (κ1) is 53.9. The molecule has 0 spiro atoms. The van der Waals surface area contributed by atoms with Gasteiger partial charge < -0.3 is 0 Å². The predicted octanol–water partition coefficient (Wildman–Crippen LogP) is -0.0150. The number of hydrogen-bond acceptors (Lipinski definition) is 0. The largest absolute Gasteiger partial charge is 0 e. The van der Waals surface area contributed by atoms with E-state index in [-0.39, 0.29) is 116 Å². The summed E-state index contributed by atoms with van der Waals surface area (Å²) < 4.78 is 0. The van der Waals surface area contributed by atoms with E-state index < -0.39 is 0 Å². The minimum atomic E-state index is 0. The van der Waals surface area contributed by atoms with E-state index in [4.69, 9.17) is 0 Å².